The predicted molar refractivity (Wildman–Crippen MR) is 166 cm³/mol. The number of aromatic nitrogens is 5. The lowest BCUT2D eigenvalue weighted by Gasteiger charge is -2.39. The Morgan fingerprint density at radius 3 is 2.41 bits per heavy atom. The molecule has 5 aromatic rings. The van der Waals surface area contributed by atoms with Crippen molar-refractivity contribution in [3.63, 3.8) is 0 Å². The molecule has 1 atom stereocenters. The van der Waals surface area contributed by atoms with Crippen LogP contribution in [0, 0.1) is 0 Å². The molecule has 1 aliphatic heterocycles. The van der Waals surface area contributed by atoms with E-state index in [1.54, 1.807) is 0 Å². The Morgan fingerprint density at radius 1 is 0.854 bits per heavy atom. The maximum Gasteiger partial charge on any atom is 0.213 e. The molecule has 41 heavy (non-hydrogen) atoms. The SMILES string of the molecule is CCCCc1ccc(-c2cncc(-c3cn(-c4ccc5c(c4)-c4cccc[n+]4C(CC)(CC)C5CC)nn3)c2)cc1. The average molecular weight is 543 g/mol. The maximum absolute atomic E-state index is 4.55. The van der Waals surface area contributed by atoms with E-state index in [1.165, 1.54) is 40.8 Å². The average Bonchev–Trinajstić information content (AvgIpc) is 3.54. The van der Waals surface area contributed by atoms with E-state index < -0.39 is 0 Å². The molecule has 5 heteroatoms. The van der Waals surface area contributed by atoms with Crippen LogP contribution in [0.3, 0.4) is 0 Å². The Hall–Kier alpha value is -4.12. The van der Waals surface area contributed by atoms with Gasteiger partial charge in [0.2, 0.25) is 5.69 Å². The van der Waals surface area contributed by atoms with Gasteiger partial charge in [0.1, 0.15) is 5.69 Å². The first-order valence-corrected chi connectivity index (χ1v) is 15.2. The fourth-order valence-electron chi connectivity index (χ4n) is 6.91. The molecule has 2 aromatic carbocycles. The lowest BCUT2D eigenvalue weighted by atomic mass is 9.69. The van der Waals surface area contributed by atoms with Crippen molar-refractivity contribution in [2.24, 2.45) is 0 Å². The number of hydrogen-bond donors (Lipinski definition) is 0. The van der Waals surface area contributed by atoms with Crippen LogP contribution in [0.5, 0.6) is 0 Å². The topological polar surface area (TPSA) is 47.5 Å². The van der Waals surface area contributed by atoms with Crippen LogP contribution in [-0.4, -0.2) is 20.0 Å². The van der Waals surface area contributed by atoms with Crippen LogP contribution in [0.1, 0.15) is 76.8 Å². The summed E-state index contributed by atoms with van der Waals surface area (Å²) >= 11 is 0. The molecule has 0 amide bonds. The van der Waals surface area contributed by atoms with Gasteiger partial charge < -0.3 is 0 Å². The molecule has 5 nitrogen and oxygen atoms in total. The summed E-state index contributed by atoms with van der Waals surface area (Å²) in [6.07, 6.45) is 14.9. The summed E-state index contributed by atoms with van der Waals surface area (Å²) in [5.41, 5.74) is 10.5. The number of fused-ring (bicyclic) bond motifs is 3. The van der Waals surface area contributed by atoms with E-state index in [2.05, 4.69) is 120 Å². The summed E-state index contributed by atoms with van der Waals surface area (Å²) in [5, 5.41) is 9.09. The molecule has 0 fully saturated rings. The number of aryl methyl sites for hydroxylation is 1. The van der Waals surface area contributed by atoms with Crippen molar-refractivity contribution < 1.29 is 4.57 Å². The highest BCUT2D eigenvalue weighted by Gasteiger charge is 2.50. The van der Waals surface area contributed by atoms with Gasteiger partial charge in [-0.25, -0.2) is 4.68 Å². The molecule has 0 saturated carbocycles. The van der Waals surface area contributed by atoms with E-state index >= 15 is 0 Å². The molecular weight excluding hydrogens is 502 g/mol. The van der Waals surface area contributed by atoms with Crippen LogP contribution in [0.15, 0.2) is 91.5 Å². The zero-order chi connectivity index (χ0) is 28.4. The summed E-state index contributed by atoms with van der Waals surface area (Å²) in [7, 11) is 0. The molecule has 0 N–H and O–H groups in total. The number of rotatable bonds is 9. The highest BCUT2D eigenvalue weighted by molar-refractivity contribution is 5.70. The summed E-state index contributed by atoms with van der Waals surface area (Å²) < 4.78 is 4.42. The summed E-state index contributed by atoms with van der Waals surface area (Å²) in [4.78, 5) is 4.54. The summed E-state index contributed by atoms with van der Waals surface area (Å²) in [5.74, 6) is 0.460. The van der Waals surface area contributed by atoms with Crippen molar-refractivity contribution in [1.82, 2.24) is 20.0 Å². The smallest absolute Gasteiger partial charge is 0.213 e. The van der Waals surface area contributed by atoms with E-state index in [9.17, 15) is 0 Å². The first-order valence-electron chi connectivity index (χ1n) is 15.2. The fraction of sp³-hybridized carbons (Fsp3) is 0.333. The monoisotopic (exact) mass is 542 g/mol. The van der Waals surface area contributed by atoms with Gasteiger partial charge in [0.15, 0.2) is 11.7 Å². The lowest BCUT2D eigenvalue weighted by molar-refractivity contribution is -0.762. The van der Waals surface area contributed by atoms with Crippen molar-refractivity contribution in [1.29, 1.82) is 0 Å². The van der Waals surface area contributed by atoms with Gasteiger partial charge in [-0.2, -0.15) is 4.57 Å². The molecule has 3 aromatic heterocycles. The zero-order valence-electron chi connectivity index (χ0n) is 24.7. The van der Waals surface area contributed by atoms with Crippen LogP contribution >= 0.6 is 0 Å². The van der Waals surface area contributed by atoms with Gasteiger partial charge in [-0.3, -0.25) is 4.98 Å². The number of nitrogens with zero attached hydrogens (tertiary/aromatic N) is 5. The van der Waals surface area contributed by atoms with Gasteiger partial charge in [0.05, 0.1) is 17.4 Å². The van der Waals surface area contributed by atoms with Crippen molar-refractivity contribution >= 4 is 0 Å². The highest BCUT2D eigenvalue weighted by atomic mass is 15.4. The molecule has 0 aliphatic carbocycles. The maximum atomic E-state index is 4.55. The van der Waals surface area contributed by atoms with Gasteiger partial charge in [-0.15, -0.1) is 5.10 Å². The molecule has 4 heterocycles. The number of hydrogen-bond acceptors (Lipinski definition) is 3. The third-order valence-corrected chi connectivity index (χ3v) is 9.21. The summed E-state index contributed by atoms with van der Waals surface area (Å²) in [6.45, 7) is 9.22. The van der Waals surface area contributed by atoms with Gasteiger partial charge >= 0.3 is 0 Å². The van der Waals surface area contributed by atoms with Crippen molar-refractivity contribution in [3.8, 4) is 39.3 Å². The molecule has 1 aliphatic rings. The minimum Gasteiger partial charge on any atom is -0.263 e. The summed E-state index contributed by atoms with van der Waals surface area (Å²) in [6, 6.07) is 24.4. The second-order valence-electron chi connectivity index (χ2n) is 11.3. The molecule has 0 bridgehead atoms. The molecule has 208 valence electrons. The largest absolute Gasteiger partial charge is 0.263 e. The van der Waals surface area contributed by atoms with Crippen LogP contribution in [-0.2, 0) is 12.0 Å². The fourth-order valence-corrected chi connectivity index (χ4v) is 6.91. The van der Waals surface area contributed by atoms with E-state index in [0.717, 1.165) is 48.2 Å². The van der Waals surface area contributed by atoms with Gasteiger partial charge in [0.25, 0.3) is 0 Å². The molecule has 0 spiro atoms. The molecule has 6 rings (SSSR count). The standard InChI is InChI=1S/C36H40N5/c1-5-9-12-26-14-16-27(17-15-26)28-21-29(24-37-23-28)34-25-41(39-38-34)30-18-19-31-32(22-30)35-13-10-11-20-40(35)36(7-3,8-4)33(31)6-2/h10-11,13-25,33H,5-9,12H2,1-4H3/q+1. The van der Waals surface area contributed by atoms with E-state index in [-0.39, 0.29) is 5.54 Å². The Morgan fingerprint density at radius 2 is 1.66 bits per heavy atom. The Labute approximate surface area is 243 Å². The third-order valence-electron chi connectivity index (χ3n) is 9.21. The van der Waals surface area contributed by atoms with Gasteiger partial charge in [-0.05, 0) is 60.2 Å². The van der Waals surface area contributed by atoms with Crippen LogP contribution in [0.25, 0.3) is 39.3 Å². The quantitative estimate of drug-likeness (QED) is 0.176. The second kappa shape index (κ2) is 11.4. The van der Waals surface area contributed by atoms with Crippen molar-refractivity contribution in [3.05, 3.63) is 103 Å². The Balaban J connectivity index is 1.33. The first kappa shape index (κ1) is 27.1. The Bertz CT molecular complexity index is 1650. The number of pyridine rings is 2. The second-order valence-corrected chi connectivity index (χ2v) is 11.3. The molecule has 0 radical (unpaired) electrons. The van der Waals surface area contributed by atoms with Crippen LogP contribution < -0.4 is 4.57 Å². The molecular formula is C36H40N5+. The zero-order valence-corrected chi connectivity index (χ0v) is 24.7. The van der Waals surface area contributed by atoms with Crippen molar-refractivity contribution in [2.75, 3.05) is 0 Å². The van der Waals surface area contributed by atoms with E-state index in [4.69, 9.17) is 0 Å². The predicted octanol–water partition coefficient (Wildman–Crippen LogP) is 8.32. The first-order chi connectivity index (χ1) is 20.1. The van der Waals surface area contributed by atoms with E-state index in [0.29, 0.717) is 5.92 Å². The molecule has 0 saturated heterocycles. The van der Waals surface area contributed by atoms with Crippen LogP contribution in [0.4, 0.5) is 0 Å². The van der Waals surface area contributed by atoms with Gasteiger partial charge in [-0.1, -0.05) is 69.7 Å². The highest BCUT2D eigenvalue weighted by Crippen LogP contribution is 2.47. The van der Waals surface area contributed by atoms with Crippen molar-refractivity contribution in [2.45, 2.75) is 77.7 Å². The number of unbranched alkanes of at least 4 members (excludes halogenated alkanes) is 1. The van der Waals surface area contributed by atoms with Crippen LogP contribution in [0.2, 0.25) is 0 Å². The minimum absolute atomic E-state index is 0.0914. The van der Waals surface area contributed by atoms with Gasteiger partial charge in [0, 0.05) is 54.4 Å². The molecule has 1 unspecified atom stereocenters. The lowest BCUT2D eigenvalue weighted by Crippen LogP contribution is -2.62. The normalized spacial score (nSPS) is 15.4. The minimum atomic E-state index is 0.0914. The number of benzene rings is 2. The Kier molecular flexibility index (Phi) is 7.53. The van der Waals surface area contributed by atoms with E-state index in [1.807, 2.05) is 23.3 Å². The third kappa shape index (κ3) is 4.77.